The minimum absolute atomic E-state index is 0.230. The number of imide groups is 2. The van der Waals surface area contributed by atoms with E-state index in [-0.39, 0.29) is 17.9 Å². The first-order valence-electron chi connectivity index (χ1n) is 12.5. The van der Waals surface area contributed by atoms with Crippen LogP contribution < -0.4 is 19.7 Å². The van der Waals surface area contributed by atoms with E-state index in [1.165, 1.54) is 6.08 Å². The van der Waals surface area contributed by atoms with Crippen molar-refractivity contribution in [1.29, 1.82) is 0 Å². The Labute approximate surface area is 236 Å². The molecule has 0 unspecified atom stereocenters. The fourth-order valence-corrected chi connectivity index (χ4v) is 4.27. The summed E-state index contributed by atoms with van der Waals surface area (Å²) in [5.74, 6) is -0.574. The van der Waals surface area contributed by atoms with E-state index >= 15 is 0 Å². The SMILES string of the molecule is Cc1ccc(COc2ccc(Cl)cc2/C=C2\C(=O)NC(=O)N(c3ccc(OCc4ccccc4)cc3)C2=O)cc1. The van der Waals surface area contributed by atoms with Gasteiger partial charge in [-0.15, -0.1) is 0 Å². The summed E-state index contributed by atoms with van der Waals surface area (Å²) in [5.41, 5.74) is 3.58. The Bertz CT molecular complexity index is 1580. The number of aryl methyl sites for hydroxylation is 1. The third kappa shape index (κ3) is 6.22. The molecule has 1 aliphatic rings. The lowest BCUT2D eigenvalue weighted by atomic mass is 10.1. The molecule has 1 heterocycles. The molecule has 1 N–H and O–H groups in total. The molecule has 0 atom stereocenters. The average molecular weight is 553 g/mol. The molecule has 1 fully saturated rings. The van der Waals surface area contributed by atoms with Gasteiger partial charge in [-0.2, -0.15) is 0 Å². The number of carbonyl (C=O) groups is 3. The molecule has 5 rings (SSSR count). The van der Waals surface area contributed by atoms with E-state index < -0.39 is 17.8 Å². The van der Waals surface area contributed by atoms with Crippen LogP contribution in [0.15, 0.2) is 103 Å². The monoisotopic (exact) mass is 552 g/mol. The number of nitrogens with zero attached hydrogens (tertiary/aromatic N) is 1. The molecular weight excluding hydrogens is 528 g/mol. The standard InChI is InChI=1S/C32H25ClN2O5/c1-21-7-9-23(10-8-21)20-40-29-16-11-25(33)17-24(29)18-28-30(36)34-32(38)35(31(28)37)26-12-14-27(15-13-26)39-19-22-5-3-2-4-6-22/h2-18H,19-20H2,1H3,(H,34,36,38)/b28-18+. The van der Waals surface area contributed by atoms with Crippen LogP contribution in [0.4, 0.5) is 10.5 Å². The molecule has 0 saturated carbocycles. The number of rotatable bonds is 8. The highest BCUT2D eigenvalue weighted by molar-refractivity contribution is 6.39. The molecule has 1 aliphatic heterocycles. The van der Waals surface area contributed by atoms with Gasteiger partial charge in [0.1, 0.15) is 30.3 Å². The van der Waals surface area contributed by atoms with E-state index in [0.29, 0.717) is 28.7 Å². The quantitative estimate of drug-likeness (QED) is 0.200. The van der Waals surface area contributed by atoms with E-state index in [4.69, 9.17) is 21.1 Å². The van der Waals surface area contributed by atoms with Gasteiger partial charge in [-0.25, -0.2) is 9.69 Å². The first-order chi connectivity index (χ1) is 19.4. The topological polar surface area (TPSA) is 84.9 Å². The Morgan fingerprint density at radius 2 is 1.48 bits per heavy atom. The molecule has 0 radical (unpaired) electrons. The van der Waals surface area contributed by atoms with Gasteiger partial charge in [-0.05, 0) is 66.6 Å². The summed E-state index contributed by atoms with van der Waals surface area (Å²) in [7, 11) is 0. The second kappa shape index (κ2) is 11.9. The minimum Gasteiger partial charge on any atom is -0.489 e. The number of carbonyl (C=O) groups excluding carboxylic acids is 3. The van der Waals surface area contributed by atoms with Crippen molar-refractivity contribution in [1.82, 2.24) is 5.32 Å². The first-order valence-corrected chi connectivity index (χ1v) is 12.9. The third-order valence-electron chi connectivity index (χ3n) is 6.23. The predicted octanol–water partition coefficient (Wildman–Crippen LogP) is 6.47. The van der Waals surface area contributed by atoms with Gasteiger partial charge in [0.25, 0.3) is 11.8 Å². The van der Waals surface area contributed by atoms with Crippen LogP contribution in [0.1, 0.15) is 22.3 Å². The van der Waals surface area contributed by atoms with Gasteiger partial charge in [-0.3, -0.25) is 14.9 Å². The van der Waals surface area contributed by atoms with Gasteiger partial charge >= 0.3 is 6.03 Å². The molecule has 0 aromatic heterocycles. The highest BCUT2D eigenvalue weighted by Gasteiger charge is 2.37. The predicted molar refractivity (Wildman–Crippen MR) is 153 cm³/mol. The zero-order valence-electron chi connectivity index (χ0n) is 21.6. The van der Waals surface area contributed by atoms with Crippen molar-refractivity contribution >= 4 is 41.2 Å². The Hall–Kier alpha value is -4.88. The average Bonchev–Trinajstić information content (AvgIpc) is 2.95. The van der Waals surface area contributed by atoms with Crippen LogP contribution in [-0.2, 0) is 22.8 Å². The second-order valence-corrected chi connectivity index (χ2v) is 9.62. The molecule has 4 aromatic rings. The number of barbiturate groups is 1. The fourth-order valence-electron chi connectivity index (χ4n) is 4.09. The van der Waals surface area contributed by atoms with E-state index in [9.17, 15) is 14.4 Å². The zero-order chi connectivity index (χ0) is 28.1. The number of urea groups is 1. The van der Waals surface area contributed by atoms with Crippen LogP contribution in [0.2, 0.25) is 5.02 Å². The lowest BCUT2D eigenvalue weighted by molar-refractivity contribution is -0.122. The maximum Gasteiger partial charge on any atom is 0.335 e. The number of anilines is 1. The normalized spacial score (nSPS) is 14.3. The van der Waals surface area contributed by atoms with E-state index in [0.717, 1.165) is 21.6 Å². The number of halogens is 1. The second-order valence-electron chi connectivity index (χ2n) is 9.18. The fraction of sp³-hybridized carbons (Fsp3) is 0.0938. The molecule has 40 heavy (non-hydrogen) atoms. The van der Waals surface area contributed by atoms with Gasteiger partial charge < -0.3 is 9.47 Å². The summed E-state index contributed by atoms with van der Waals surface area (Å²) in [6, 6.07) is 28.2. The number of ether oxygens (including phenoxy) is 2. The lowest BCUT2D eigenvalue weighted by Gasteiger charge is -2.26. The van der Waals surface area contributed by atoms with E-state index in [1.54, 1.807) is 42.5 Å². The maximum atomic E-state index is 13.4. The van der Waals surface area contributed by atoms with Crippen molar-refractivity contribution in [2.24, 2.45) is 0 Å². The molecule has 7 nitrogen and oxygen atoms in total. The molecule has 4 aromatic carbocycles. The Balaban J connectivity index is 1.36. The highest BCUT2D eigenvalue weighted by Crippen LogP contribution is 2.29. The first kappa shape index (κ1) is 26.7. The van der Waals surface area contributed by atoms with Crippen LogP contribution in [0.3, 0.4) is 0 Å². The molecule has 1 saturated heterocycles. The number of amides is 4. The molecule has 0 bridgehead atoms. The van der Waals surface area contributed by atoms with Crippen molar-refractivity contribution in [2.75, 3.05) is 4.90 Å². The van der Waals surface area contributed by atoms with Crippen molar-refractivity contribution in [3.05, 3.63) is 130 Å². The minimum atomic E-state index is -0.841. The molecule has 4 amide bonds. The van der Waals surface area contributed by atoms with Crippen LogP contribution in [-0.4, -0.2) is 17.8 Å². The van der Waals surface area contributed by atoms with Crippen molar-refractivity contribution in [2.45, 2.75) is 20.1 Å². The Kier molecular flexibility index (Phi) is 7.94. The number of hydrogen-bond donors (Lipinski definition) is 1. The van der Waals surface area contributed by atoms with Gasteiger partial charge in [0.2, 0.25) is 0 Å². The van der Waals surface area contributed by atoms with Gasteiger partial charge in [0, 0.05) is 10.6 Å². The third-order valence-corrected chi connectivity index (χ3v) is 6.47. The Morgan fingerprint density at radius 1 is 0.800 bits per heavy atom. The van der Waals surface area contributed by atoms with Crippen LogP contribution in [0, 0.1) is 6.92 Å². The maximum absolute atomic E-state index is 13.4. The number of hydrogen-bond acceptors (Lipinski definition) is 5. The smallest absolute Gasteiger partial charge is 0.335 e. The number of benzene rings is 4. The molecule has 8 heteroatoms. The molecule has 0 aliphatic carbocycles. The van der Waals surface area contributed by atoms with Crippen molar-refractivity contribution in [3.8, 4) is 11.5 Å². The summed E-state index contributed by atoms with van der Waals surface area (Å²) >= 11 is 6.22. The largest absolute Gasteiger partial charge is 0.489 e. The van der Waals surface area contributed by atoms with Gasteiger partial charge in [-0.1, -0.05) is 71.8 Å². The summed E-state index contributed by atoms with van der Waals surface area (Å²) < 4.78 is 11.8. The number of nitrogens with one attached hydrogen (secondary N) is 1. The van der Waals surface area contributed by atoms with E-state index in [1.807, 2.05) is 61.5 Å². The van der Waals surface area contributed by atoms with Gasteiger partial charge in [0.05, 0.1) is 5.69 Å². The van der Waals surface area contributed by atoms with Crippen LogP contribution >= 0.6 is 11.6 Å². The molecule has 200 valence electrons. The molecule has 0 spiro atoms. The summed E-state index contributed by atoms with van der Waals surface area (Å²) in [5, 5.41) is 2.64. The van der Waals surface area contributed by atoms with Crippen molar-refractivity contribution < 1.29 is 23.9 Å². The Morgan fingerprint density at radius 3 is 2.20 bits per heavy atom. The van der Waals surface area contributed by atoms with Crippen LogP contribution in [0.5, 0.6) is 11.5 Å². The highest BCUT2D eigenvalue weighted by atomic mass is 35.5. The van der Waals surface area contributed by atoms with Gasteiger partial charge in [0.15, 0.2) is 0 Å². The van der Waals surface area contributed by atoms with Crippen LogP contribution in [0.25, 0.3) is 6.08 Å². The lowest BCUT2D eigenvalue weighted by Crippen LogP contribution is -2.54. The molecular formula is C32H25ClN2O5. The van der Waals surface area contributed by atoms with E-state index in [2.05, 4.69) is 5.32 Å². The van der Waals surface area contributed by atoms with Crippen molar-refractivity contribution in [3.63, 3.8) is 0 Å². The summed E-state index contributed by atoms with van der Waals surface area (Å²) in [6.45, 7) is 2.66. The summed E-state index contributed by atoms with van der Waals surface area (Å²) in [4.78, 5) is 39.8. The zero-order valence-corrected chi connectivity index (χ0v) is 22.4. The summed E-state index contributed by atoms with van der Waals surface area (Å²) in [6.07, 6.45) is 1.38.